The van der Waals surface area contributed by atoms with E-state index >= 15 is 0 Å². The fourth-order valence-corrected chi connectivity index (χ4v) is 0.507. The maximum Gasteiger partial charge on any atom is 0.128 e. The van der Waals surface area contributed by atoms with Gasteiger partial charge in [-0.05, 0) is 31.9 Å². The molecule has 0 rings (SSSR count). The number of rotatable bonds is 2. The van der Waals surface area contributed by atoms with Gasteiger partial charge in [0.05, 0.1) is 0 Å². The molecule has 0 aromatic rings. The van der Waals surface area contributed by atoms with Crippen LogP contribution in [0.2, 0.25) is 0 Å². The van der Waals surface area contributed by atoms with Crippen LogP contribution in [0.25, 0.3) is 0 Å². The van der Waals surface area contributed by atoms with Crippen LogP contribution in [0.4, 0.5) is 4.39 Å². The second kappa shape index (κ2) is 3.35. The topological polar surface area (TPSA) is 0 Å². The SMILES string of the molecule is C=C(C)/C(C)=C(/F)C(=C)C. The highest BCUT2D eigenvalue weighted by Gasteiger charge is 2.01. The summed E-state index contributed by atoms with van der Waals surface area (Å²) in [5.41, 5.74) is 1.80. The lowest BCUT2D eigenvalue weighted by molar-refractivity contribution is 0.642. The fourth-order valence-electron chi connectivity index (χ4n) is 0.507. The van der Waals surface area contributed by atoms with E-state index in [1.807, 2.05) is 0 Å². The Morgan fingerprint density at radius 2 is 1.40 bits per heavy atom. The number of hydrogen-bond acceptors (Lipinski definition) is 0. The van der Waals surface area contributed by atoms with E-state index in [1.54, 1.807) is 20.8 Å². The quantitative estimate of drug-likeness (QED) is 0.516. The summed E-state index contributed by atoms with van der Waals surface area (Å²) in [4.78, 5) is 0. The molecule has 0 spiro atoms. The summed E-state index contributed by atoms with van der Waals surface area (Å²) in [5.74, 6) is -0.243. The molecule has 10 heavy (non-hydrogen) atoms. The maximum absolute atomic E-state index is 12.9. The van der Waals surface area contributed by atoms with Crippen LogP contribution in [0, 0.1) is 0 Å². The summed E-state index contributed by atoms with van der Waals surface area (Å²) in [7, 11) is 0. The van der Waals surface area contributed by atoms with Crippen molar-refractivity contribution < 1.29 is 4.39 Å². The van der Waals surface area contributed by atoms with Gasteiger partial charge in [0.2, 0.25) is 0 Å². The average molecular weight is 140 g/mol. The predicted octanol–water partition coefficient (Wildman–Crippen LogP) is 3.38. The zero-order chi connectivity index (χ0) is 8.31. The lowest BCUT2D eigenvalue weighted by Gasteiger charge is -2.01. The largest absolute Gasteiger partial charge is 0.206 e. The highest BCUT2D eigenvalue weighted by Crippen LogP contribution is 2.18. The van der Waals surface area contributed by atoms with Gasteiger partial charge in [0.25, 0.3) is 0 Å². The van der Waals surface area contributed by atoms with Gasteiger partial charge in [-0.3, -0.25) is 0 Å². The third-order valence-electron chi connectivity index (χ3n) is 1.34. The van der Waals surface area contributed by atoms with Crippen LogP contribution in [0.15, 0.2) is 35.7 Å². The van der Waals surface area contributed by atoms with Crippen molar-refractivity contribution in [2.75, 3.05) is 0 Å². The van der Waals surface area contributed by atoms with Gasteiger partial charge in [0.1, 0.15) is 5.83 Å². The summed E-state index contributed by atoms with van der Waals surface area (Å²) in [6.07, 6.45) is 0. The van der Waals surface area contributed by atoms with Crippen LogP contribution in [-0.4, -0.2) is 0 Å². The fraction of sp³-hybridized carbons (Fsp3) is 0.333. The van der Waals surface area contributed by atoms with E-state index in [1.165, 1.54) is 0 Å². The van der Waals surface area contributed by atoms with Gasteiger partial charge in [-0.25, -0.2) is 4.39 Å². The average Bonchev–Trinajstić information content (AvgIpc) is 1.84. The van der Waals surface area contributed by atoms with Gasteiger partial charge < -0.3 is 0 Å². The summed E-state index contributed by atoms with van der Waals surface area (Å²) in [6.45, 7) is 12.2. The molecule has 0 saturated heterocycles. The minimum atomic E-state index is -0.243. The summed E-state index contributed by atoms with van der Waals surface area (Å²) >= 11 is 0. The smallest absolute Gasteiger partial charge is 0.128 e. The number of halogens is 1. The van der Waals surface area contributed by atoms with Crippen LogP contribution in [-0.2, 0) is 0 Å². The van der Waals surface area contributed by atoms with Crippen molar-refractivity contribution in [2.45, 2.75) is 20.8 Å². The van der Waals surface area contributed by atoms with Gasteiger partial charge in [0, 0.05) is 0 Å². The summed E-state index contributed by atoms with van der Waals surface area (Å²) in [6, 6.07) is 0. The minimum absolute atomic E-state index is 0.243. The van der Waals surface area contributed by atoms with E-state index < -0.39 is 0 Å². The third kappa shape index (κ3) is 2.18. The van der Waals surface area contributed by atoms with Crippen LogP contribution < -0.4 is 0 Å². The molecule has 0 heterocycles. The lowest BCUT2D eigenvalue weighted by atomic mass is 10.1. The molecule has 0 aliphatic rings. The lowest BCUT2D eigenvalue weighted by Crippen LogP contribution is -1.84. The first kappa shape index (κ1) is 9.15. The molecule has 0 fully saturated rings. The van der Waals surface area contributed by atoms with Gasteiger partial charge in [-0.15, -0.1) is 0 Å². The first-order chi connectivity index (χ1) is 4.46. The van der Waals surface area contributed by atoms with Crippen molar-refractivity contribution in [3.63, 3.8) is 0 Å². The van der Waals surface area contributed by atoms with Gasteiger partial charge in [-0.2, -0.15) is 0 Å². The zero-order valence-electron chi connectivity index (χ0n) is 6.79. The Bertz CT molecular complexity index is 175. The molecule has 56 valence electrons. The van der Waals surface area contributed by atoms with Crippen molar-refractivity contribution >= 4 is 0 Å². The van der Waals surface area contributed by atoms with Gasteiger partial charge in [-0.1, -0.05) is 18.7 Å². The predicted molar refractivity (Wildman–Crippen MR) is 43.4 cm³/mol. The summed E-state index contributed by atoms with van der Waals surface area (Å²) < 4.78 is 12.9. The Morgan fingerprint density at radius 3 is 1.50 bits per heavy atom. The maximum atomic E-state index is 12.9. The molecule has 1 heteroatoms. The molecule has 0 aliphatic heterocycles. The van der Waals surface area contributed by atoms with E-state index in [-0.39, 0.29) is 5.83 Å². The molecule has 0 nitrogen and oxygen atoms in total. The van der Waals surface area contributed by atoms with E-state index in [0.29, 0.717) is 11.1 Å². The molecule has 0 unspecified atom stereocenters. The molecule has 0 saturated carbocycles. The second-order valence-electron chi connectivity index (χ2n) is 2.50. The number of hydrogen-bond donors (Lipinski definition) is 0. The first-order valence-corrected chi connectivity index (χ1v) is 3.15. The standard InChI is InChI=1S/C9H13F/c1-6(2)8(5)9(10)7(3)4/h1,3H2,2,4-5H3/b9-8+. The van der Waals surface area contributed by atoms with Crippen molar-refractivity contribution in [1.29, 1.82) is 0 Å². The highest BCUT2D eigenvalue weighted by molar-refractivity contribution is 5.35. The Labute approximate surface area is 61.8 Å². The van der Waals surface area contributed by atoms with Gasteiger partial charge >= 0.3 is 0 Å². The highest BCUT2D eigenvalue weighted by atomic mass is 19.1. The van der Waals surface area contributed by atoms with E-state index in [9.17, 15) is 4.39 Å². The molecule has 0 aliphatic carbocycles. The number of allylic oxidation sites excluding steroid dienone is 4. The summed E-state index contributed by atoms with van der Waals surface area (Å²) in [5, 5.41) is 0. The van der Waals surface area contributed by atoms with Crippen molar-refractivity contribution in [2.24, 2.45) is 0 Å². The van der Waals surface area contributed by atoms with Crippen molar-refractivity contribution in [1.82, 2.24) is 0 Å². The Morgan fingerprint density at radius 1 is 1.00 bits per heavy atom. The second-order valence-corrected chi connectivity index (χ2v) is 2.50. The molecule has 0 amide bonds. The van der Waals surface area contributed by atoms with Crippen molar-refractivity contribution in [3.8, 4) is 0 Å². The molecule has 0 aromatic heterocycles. The van der Waals surface area contributed by atoms with Crippen LogP contribution in [0.1, 0.15) is 20.8 Å². The molecule has 0 N–H and O–H groups in total. The first-order valence-electron chi connectivity index (χ1n) is 3.15. The molecular weight excluding hydrogens is 127 g/mol. The van der Waals surface area contributed by atoms with Crippen LogP contribution in [0.5, 0.6) is 0 Å². The molecule has 0 radical (unpaired) electrons. The van der Waals surface area contributed by atoms with Crippen molar-refractivity contribution in [3.05, 3.63) is 35.7 Å². The Balaban J connectivity index is 4.67. The van der Waals surface area contributed by atoms with E-state index in [4.69, 9.17) is 0 Å². The van der Waals surface area contributed by atoms with E-state index in [0.717, 1.165) is 5.57 Å². The Kier molecular flexibility index (Phi) is 3.07. The van der Waals surface area contributed by atoms with Crippen LogP contribution >= 0.6 is 0 Å². The van der Waals surface area contributed by atoms with E-state index in [2.05, 4.69) is 13.2 Å². The third-order valence-corrected chi connectivity index (χ3v) is 1.34. The molecule has 0 atom stereocenters. The monoisotopic (exact) mass is 140 g/mol. The minimum Gasteiger partial charge on any atom is -0.206 e. The molecule has 0 aromatic carbocycles. The molecule has 0 bridgehead atoms. The van der Waals surface area contributed by atoms with Gasteiger partial charge in [0.15, 0.2) is 0 Å². The normalized spacial score (nSPS) is 12.4. The zero-order valence-corrected chi connectivity index (χ0v) is 6.79. The van der Waals surface area contributed by atoms with Crippen LogP contribution in [0.3, 0.4) is 0 Å². The molecular formula is C9H13F. The Hall–Kier alpha value is -0.850.